The Morgan fingerprint density at radius 2 is 1.53 bits per heavy atom. The number of unbranched alkanes of at least 4 members (excludes halogenated alkanes) is 2. The van der Waals surface area contributed by atoms with E-state index in [0.717, 1.165) is 25.7 Å². The van der Waals surface area contributed by atoms with Gasteiger partial charge in [0.15, 0.2) is 23.3 Å². The highest BCUT2D eigenvalue weighted by Gasteiger charge is 2.32. The molecule has 6 heteroatoms. The molecule has 1 unspecified atom stereocenters. The highest BCUT2D eigenvalue weighted by molar-refractivity contribution is 5.82. The van der Waals surface area contributed by atoms with Crippen molar-refractivity contribution < 1.29 is 26.7 Å². The number of ether oxygens (including phenoxy) is 1. The molecule has 3 aromatic rings. The Bertz CT molecular complexity index is 1410. The summed E-state index contributed by atoms with van der Waals surface area (Å²) in [6.07, 6.45) is 8.37. The smallest absolute Gasteiger partial charge is 0.167 e. The largest absolute Gasteiger partial charge is 0.493 e. The second-order valence-electron chi connectivity index (χ2n) is 10.4. The maximum absolute atomic E-state index is 15.3. The summed E-state index contributed by atoms with van der Waals surface area (Å²) >= 11 is 0. The quantitative estimate of drug-likeness (QED) is 0.164. The lowest BCUT2D eigenvalue weighted by atomic mass is 9.94. The Morgan fingerprint density at radius 1 is 0.789 bits per heavy atom. The fraction of sp³-hybridized carbons (Fsp3) is 0.375. The molecule has 38 heavy (non-hydrogen) atoms. The van der Waals surface area contributed by atoms with Crippen molar-refractivity contribution in [3.8, 4) is 22.3 Å². The van der Waals surface area contributed by atoms with Crippen LogP contribution in [0.5, 0.6) is 0 Å². The molecule has 0 fully saturated rings. The number of fused-ring (bicyclic) bond motifs is 3. The van der Waals surface area contributed by atoms with Crippen LogP contribution in [0.4, 0.5) is 22.0 Å². The number of halogens is 5. The predicted octanol–water partition coefficient (Wildman–Crippen LogP) is 9.53. The monoisotopic (exact) mass is 526 g/mol. The molecule has 0 radical (unpaired) electrons. The van der Waals surface area contributed by atoms with Crippen LogP contribution < -0.4 is 0 Å². The van der Waals surface area contributed by atoms with Crippen LogP contribution in [-0.4, -0.2) is 6.61 Å². The first kappa shape index (κ1) is 26.5. The van der Waals surface area contributed by atoms with Gasteiger partial charge in [-0.15, -0.1) is 0 Å². The third-order valence-corrected chi connectivity index (χ3v) is 7.67. The van der Waals surface area contributed by atoms with Gasteiger partial charge in [-0.3, -0.25) is 0 Å². The Hall–Kier alpha value is -3.15. The van der Waals surface area contributed by atoms with Gasteiger partial charge < -0.3 is 4.74 Å². The van der Waals surface area contributed by atoms with E-state index in [2.05, 4.69) is 6.92 Å². The summed E-state index contributed by atoms with van der Waals surface area (Å²) in [7, 11) is 0. The average Bonchev–Trinajstić information content (AvgIpc) is 3.28. The Kier molecular flexibility index (Phi) is 7.60. The topological polar surface area (TPSA) is 9.23 Å². The molecule has 200 valence electrons. The second kappa shape index (κ2) is 10.9. The minimum atomic E-state index is -1.25. The molecule has 1 heterocycles. The van der Waals surface area contributed by atoms with E-state index in [1.54, 1.807) is 0 Å². The number of hydrogen-bond acceptors (Lipinski definition) is 1. The molecule has 0 amide bonds. The maximum Gasteiger partial charge on any atom is 0.167 e. The van der Waals surface area contributed by atoms with Crippen LogP contribution in [0.15, 0.2) is 36.4 Å². The number of benzene rings is 3. The van der Waals surface area contributed by atoms with Crippen LogP contribution in [0.1, 0.15) is 74.6 Å². The van der Waals surface area contributed by atoms with Crippen molar-refractivity contribution in [3.05, 3.63) is 87.7 Å². The van der Waals surface area contributed by atoms with E-state index in [4.69, 9.17) is 4.74 Å². The first-order valence-electron chi connectivity index (χ1n) is 13.5. The Labute approximate surface area is 220 Å². The zero-order chi connectivity index (χ0) is 27.0. The van der Waals surface area contributed by atoms with Gasteiger partial charge >= 0.3 is 0 Å². The van der Waals surface area contributed by atoms with E-state index < -0.39 is 29.1 Å². The summed E-state index contributed by atoms with van der Waals surface area (Å²) in [5.41, 5.74) is 0.824. The average molecular weight is 527 g/mol. The van der Waals surface area contributed by atoms with Crippen LogP contribution in [0.3, 0.4) is 0 Å². The number of rotatable bonds is 8. The molecule has 0 aromatic heterocycles. The second-order valence-corrected chi connectivity index (χ2v) is 10.4. The van der Waals surface area contributed by atoms with E-state index in [1.165, 1.54) is 36.8 Å². The number of aryl methyl sites for hydroxylation is 1. The first-order valence-corrected chi connectivity index (χ1v) is 13.5. The summed E-state index contributed by atoms with van der Waals surface area (Å²) in [5, 5.41) is 0. The molecular weight excluding hydrogens is 495 g/mol. The van der Waals surface area contributed by atoms with Gasteiger partial charge in [0.2, 0.25) is 0 Å². The molecule has 0 N–H and O–H groups in total. The van der Waals surface area contributed by atoms with Gasteiger partial charge in [-0.05, 0) is 78.1 Å². The third kappa shape index (κ3) is 4.74. The molecule has 5 rings (SSSR count). The van der Waals surface area contributed by atoms with E-state index >= 15 is 13.2 Å². The fourth-order valence-corrected chi connectivity index (χ4v) is 5.66. The molecule has 0 saturated carbocycles. The van der Waals surface area contributed by atoms with Crippen LogP contribution in [0, 0.1) is 35.0 Å². The minimum absolute atomic E-state index is 0.122. The normalized spacial score (nSPS) is 16.2. The highest BCUT2D eigenvalue weighted by Crippen LogP contribution is 2.45. The van der Waals surface area contributed by atoms with E-state index in [1.807, 2.05) is 13.0 Å². The highest BCUT2D eigenvalue weighted by atomic mass is 19.2. The Morgan fingerprint density at radius 3 is 2.18 bits per heavy atom. The lowest BCUT2D eigenvalue weighted by Gasteiger charge is -2.23. The molecule has 2 aliphatic rings. The van der Waals surface area contributed by atoms with E-state index in [0.29, 0.717) is 42.3 Å². The Balaban J connectivity index is 1.44. The van der Waals surface area contributed by atoms with Crippen molar-refractivity contribution in [3.63, 3.8) is 0 Å². The van der Waals surface area contributed by atoms with Crippen molar-refractivity contribution in [2.45, 2.75) is 65.2 Å². The van der Waals surface area contributed by atoms with E-state index in [9.17, 15) is 8.78 Å². The maximum atomic E-state index is 15.3. The standard InChI is InChI=1S/C32H31F5O/c1-3-5-6-8-18-9-12-26(38-17-18)23-11-10-19(16-25(23)33)24-15-22-14-21-13-20(7-4-2)29(34)31(36)27(21)28(22)32(37)30(24)35/h10-13,15-16,18H,3-9,14,17H2,1-2H3. The first-order chi connectivity index (χ1) is 18.3. The van der Waals surface area contributed by atoms with Crippen molar-refractivity contribution in [2.75, 3.05) is 6.61 Å². The molecule has 3 aromatic carbocycles. The molecule has 1 aliphatic carbocycles. The van der Waals surface area contributed by atoms with Gasteiger partial charge in [0, 0.05) is 16.7 Å². The molecule has 0 spiro atoms. The van der Waals surface area contributed by atoms with Gasteiger partial charge in [0.25, 0.3) is 0 Å². The van der Waals surface area contributed by atoms with Crippen LogP contribution in [0.25, 0.3) is 28.0 Å². The third-order valence-electron chi connectivity index (χ3n) is 7.67. The summed E-state index contributed by atoms with van der Waals surface area (Å²) in [4.78, 5) is 0. The van der Waals surface area contributed by atoms with Crippen LogP contribution in [-0.2, 0) is 17.6 Å². The van der Waals surface area contributed by atoms with Gasteiger partial charge in [-0.25, -0.2) is 22.0 Å². The molecule has 1 aliphatic heterocycles. The fourth-order valence-electron chi connectivity index (χ4n) is 5.66. The van der Waals surface area contributed by atoms with Gasteiger partial charge in [0.1, 0.15) is 11.6 Å². The van der Waals surface area contributed by atoms with E-state index in [-0.39, 0.29) is 39.8 Å². The SMILES string of the molecule is CCCCCC1CC=C(c2ccc(-c3cc4c(c(F)c3F)-c3c(cc(CCC)c(F)c3F)C4)cc2F)OC1. The molecular formula is C32H31F5O. The predicted molar refractivity (Wildman–Crippen MR) is 140 cm³/mol. The van der Waals surface area contributed by atoms with Crippen LogP contribution >= 0.6 is 0 Å². The lowest BCUT2D eigenvalue weighted by molar-refractivity contribution is 0.190. The zero-order valence-corrected chi connectivity index (χ0v) is 21.7. The van der Waals surface area contributed by atoms with Crippen molar-refractivity contribution in [2.24, 2.45) is 5.92 Å². The summed E-state index contributed by atoms with van der Waals surface area (Å²) in [6, 6.07) is 7.16. The van der Waals surface area contributed by atoms with Crippen molar-refractivity contribution in [1.29, 1.82) is 0 Å². The summed E-state index contributed by atoms with van der Waals surface area (Å²) < 4.78 is 81.2. The molecule has 1 atom stereocenters. The zero-order valence-electron chi connectivity index (χ0n) is 21.7. The minimum Gasteiger partial charge on any atom is -0.493 e. The van der Waals surface area contributed by atoms with Gasteiger partial charge in [-0.2, -0.15) is 0 Å². The number of allylic oxidation sites excluding steroid dienone is 1. The van der Waals surface area contributed by atoms with Crippen molar-refractivity contribution >= 4 is 5.76 Å². The molecule has 1 nitrogen and oxygen atoms in total. The van der Waals surface area contributed by atoms with Gasteiger partial charge in [0.05, 0.1) is 12.2 Å². The van der Waals surface area contributed by atoms with Gasteiger partial charge in [-0.1, -0.05) is 51.7 Å². The number of hydrogen-bond donors (Lipinski definition) is 0. The lowest BCUT2D eigenvalue weighted by Crippen LogP contribution is -2.14. The van der Waals surface area contributed by atoms with Crippen LogP contribution in [0.2, 0.25) is 0 Å². The van der Waals surface area contributed by atoms with Crippen molar-refractivity contribution in [1.82, 2.24) is 0 Å². The summed E-state index contributed by atoms with van der Waals surface area (Å²) in [6.45, 7) is 4.54. The molecule has 0 saturated heterocycles. The molecule has 0 bridgehead atoms. The summed E-state index contributed by atoms with van der Waals surface area (Å²) in [5.74, 6) is -4.38.